The maximum absolute atomic E-state index is 6.10. The minimum Gasteiger partial charge on any atom is -0.490 e. The lowest BCUT2D eigenvalue weighted by molar-refractivity contribution is 0.190. The fourth-order valence-electron chi connectivity index (χ4n) is 3.95. The summed E-state index contributed by atoms with van der Waals surface area (Å²) in [6, 6.07) is 2.48. The number of hydrogen-bond donors (Lipinski definition) is 0. The van der Waals surface area contributed by atoms with Crippen molar-refractivity contribution in [1.82, 2.24) is 0 Å². The van der Waals surface area contributed by atoms with E-state index in [1.54, 1.807) is 5.56 Å². The average molecular weight is 272 g/mol. The van der Waals surface area contributed by atoms with Gasteiger partial charge in [-0.15, -0.1) is 0 Å². The molecule has 0 radical (unpaired) electrons. The molecule has 0 spiro atoms. The fourth-order valence-corrected chi connectivity index (χ4v) is 3.95. The molecule has 1 fully saturated rings. The van der Waals surface area contributed by atoms with Crippen molar-refractivity contribution in [2.24, 2.45) is 5.92 Å². The lowest BCUT2D eigenvalue weighted by Gasteiger charge is -2.31. The molecule has 0 saturated heterocycles. The number of rotatable bonds is 1. The standard InChI is InChI=1S/C19H28O/c1-12-5-8-16(9-6-12)18-11-17-10-7-13(2)20-19(17)15(4)14(18)3/h11-13,16H,5-10H2,1-4H3. The SMILES string of the molecule is Cc1c(C2CCC(C)CC2)cc2c(c1C)OC(C)CC2. The van der Waals surface area contributed by atoms with Gasteiger partial charge in [-0.2, -0.15) is 0 Å². The Balaban J connectivity index is 1.94. The summed E-state index contributed by atoms with van der Waals surface area (Å²) in [5.41, 5.74) is 5.95. The van der Waals surface area contributed by atoms with Gasteiger partial charge < -0.3 is 4.74 Å². The second kappa shape index (κ2) is 5.42. The summed E-state index contributed by atoms with van der Waals surface area (Å²) in [4.78, 5) is 0. The van der Waals surface area contributed by atoms with Crippen LogP contribution < -0.4 is 4.74 Å². The van der Waals surface area contributed by atoms with Gasteiger partial charge in [-0.25, -0.2) is 0 Å². The molecule has 20 heavy (non-hydrogen) atoms. The Morgan fingerprint density at radius 3 is 2.35 bits per heavy atom. The molecule has 0 amide bonds. The van der Waals surface area contributed by atoms with Crippen LogP contribution in [0.5, 0.6) is 5.75 Å². The van der Waals surface area contributed by atoms with Gasteiger partial charge in [-0.3, -0.25) is 0 Å². The first kappa shape index (κ1) is 14.0. The molecule has 1 unspecified atom stereocenters. The first-order valence-electron chi connectivity index (χ1n) is 8.36. The fraction of sp³-hybridized carbons (Fsp3) is 0.684. The summed E-state index contributed by atoms with van der Waals surface area (Å²) in [6.45, 7) is 9.14. The molecule has 1 aliphatic carbocycles. The molecule has 0 N–H and O–H groups in total. The highest BCUT2D eigenvalue weighted by Gasteiger charge is 2.26. The van der Waals surface area contributed by atoms with Gasteiger partial charge in [0.1, 0.15) is 5.75 Å². The summed E-state index contributed by atoms with van der Waals surface area (Å²) in [5.74, 6) is 2.90. The highest BCUT2D eigenvalue weighted by Crippen LogP contribution is 2.42. The van der Waals surface area contributed by atoms with Crippen molar-refractivity contribution in [1.29, 1.82) is 0 Å². The third-order valence-corrected chi connectivity index (χ3v) is 5.55. The molecule has 110 valence electrons. The maximum atomic E-state index is 6.10. The molecule has 2 aliphatic rings. The molecular weight excluding hydrogens is 244 g/mol. The van der Waals surface area contributed by atoms with Crippen LogP contribution in [0.15, 0.2) is 6.07 Å². The van der Waals surface area contributed by atoms with Crippen LogP contribution in [-0.4, -0.2) is 6.10 Å². The Labute approximate surface area is 123 Å². The van der Waals surface area contributed by atoms with E-state index in [1.807, 2.05) is 0 Å². The van der Waals surface area contributed by atoms with Crippen molar-refractivity contribution in [3.8, 4) is 5.75 Å². The zero-order valence-electron chi connectivity index (χ0n) is 13.5. The largest absolute Gasteiger partial charge is 0.490 e. The monoisotopic (exact) mass is 272 g/mol. The van der Waals surface area contributed by atoms with Crippen LogP contribution in [0.1, 0.15) is 74.1 Å². The Kier molecular flexibility index (Phi) is 3.79. The van der Waals surface area contributed by atoms with Crippen molar-refractivity contribution in [3.05, 3.63) is 28.3 Å². The first-order chi connectivity index (χ1) is 9.56. The minimum absolute atomic E-state index is 0.377. The van der Waals surface area contributed by atoms with Gasteiger partial charge in [0, 0.05) is 0 Å². The van der Waals surface area contributed by atoms with Gasteiger partial charge in [0.15, 0.2) is 0 Å². The Hall–Kier alpha value is -0.980. The second-order valence-corrected chi connectivity index (χ2v) is 7.13. The maximum Gasteiger partial charge on any atom is 0.126 e. The molecular formula is C19H28O. The van der Waals surface area contributed by atoms with Crippen LogP contribution in [0.3, 0.4) is 0 Å². The second-order valence-electron chi connectivity index (χ2n) is 7.13. The normalized spacial score (nSPS) is 29.7. The van der Waals surface area contributed by atoms with E-state index in [4.69, 9.17) is 4.74 Å². The molecule has 1 atom stereocenters. The van der Waals surface area contributed by atoms with E-state index in [2.05, 4.69) is 33.8 Å². The van der Waals surface area contributed by atoms with E-state index in [0.29, 0.717) is 6.10 Å². The third kappa shape index (κ3) is 2.47. The molecule has 3 rings (SSSR count). The number of benzene rings is 1. The van der Waals surface area contributed by atoms with E-state index in [0.717, 1.165) is 18.3 Å². The van der Waals surface area contributed by atoms with Crippen molar-refractivity contribution >= 4 is 0 Å². The smallest absolute Gasteiger partial charge is 0.126 e. The average Bonchev–Trinajstić information content (AvgIpc) is 2.44. The third-order valence-electron chi connectivity index (χ3n) is 5.55. The number of aryl methyl sites for hydroxylation is 1. The van der Waals surface area contributed by atoms with Gasteiger partial charge >= 0.3 is 0 Å². The lowest BCUT2D eigenvalue weighted by atomic mass is 9.76. The summed E-state index contributed by atoms with van der Waals surface area (Å²) in [6.07, 6.45) is 8.27. The Morgan fingerprint density at radius 2 is 1.65 bits per heavy atom. The number of fused-ring (bicyclic) bond motifs is 1. The highest BCUT2D eigenvalue weighted by molar-refractivity contribution is 5.51. The Morgan fingerprint density at radius 1 is 0.950 bits per heavy atom. The van der Waals surface area contributed by atoms with Gasteiger partial charge in [-0.05, 0) is 80.5 Å². The highest BCUT2D eigenvalue weighted by atomic mass is 16.5. The van der Waals surface area contributed by atoms with Crippen LogP contribution in [-0.2, 0) is 6.42 Å². The summed E-state index contributed by atoms with van der Waals surface area (Å²) in [7, 11) is 0. The first-order valence-corrected chi connectivity index (χ1v) is 8.36. The van der Waals surface area contributed by atoms with Crippen molar-refractivity contribution in [2.45, 2.75) is 78.2 Å². The van der Waals surface area contributed by atoms with Crippen molar-refractivity contribution in [2.75, 3.05) is 0 Å². The quantitative estimate of drug-likeness (QED) is 0.673. The molecule has 0 aromatic heterocycles. The molecule has 1 nitrogen and oxygen atoms in total. The van der Waals surface area contributed by atoms with Crippen LogP contribution in [0, 0.1) is 19.8 Å². The van der Waals surface area contributed by atoms with E-state index in [-0.39, 0.29) is 0 Å². The van der Waals surface area contributed by atoms with Crippen LogP contribution >= 0.6 is 0 Å². The number of ether oxygens (including phenoxy) is 1. The van der Waals surface area contributed by atoms with Gasteiger partial charge in [0.25, 0.3) is 0 Å². The zero-order chi connectivity index (χ0) is 14.3. The van der Waals surface area contributed by atoms with E-state index < -0.39 is 0 Å². The molecule has 1 heteroatoms. The van der Waals surface area contributed by atoms with Crippen LogP contribution in [0.2, 0.25) is 0 Å². The molecule has 1 aromatic carbocycles. The molecule has 1 saturated carbocycles. The minimum atomic E-state index is 0.377. The molecule has 1 aromatic rings. The predicted octanol–water partition coefficient (Wildman–Crippen LogP) is 5.31. The van der Waals surface area contributed by atoms with E-state index in [9.17, 15) is 0 Å². The molecule has 1 aliphatic heterocycles. The predicted molar refractivity (Wildman–Crippen MR) is 84.7 cm³/mol. The van der Waals surface area contributed by atoms with E-state index in [1.165, 1.54) is 54.5 Å². The van der Waals surface area contributed by atoms with Crippen molar-refractivity contribution in [3.63, 3.8) is 0 Å². The zero-order valence-corrected chi connectivity index (χ0v) is 13.5. The summed E-state index contributed by atoms with van der Waals surface area (Å²) in [5, 5.41) is 0. The van der Waals surface area contributed by atoms with Crippen LogP contribution in [0.4, 0.5) is 0 Å². The summed E-state index contributed by atoms with van der Waals surface area (Å²) < 4.78 is 6.10. The topological polar surface area (TPSA) is 9.23 Å². The van der Waals surface area contributed by atoms with Gasteiger partial charge in [-0.1, -0.05) is 25.8 Å². The van der Waals surface area contributed by atoms with Gasteiger partial charge in [0.2, 0.25) is 0 Å². The van der Waals surface area contributed by atoms with Gasteiger partial charge in [0.05, 0.1) is 6.10 Å². The molecule has 0 bridgehead atoms. The number of hydrogen-bond acceptors (Lipinski definition) is 1. The molecule has 1 heterocycles. The summed E-state index contributed by atoms with van der Waals surface area (Å²) >= 11 is 0. The van der Waals surface area contributed by atoms with Crippen LogP contribution in [0.25, 0.3) is 0 Å². The Bertz CT molecular complexity index is 495. The lowest BCUT2D eigenvalue weighted by Crippen LogP contribution is -2.21. The van der Waals surface area contributed by atoms with E-state index >= 15 is 0 Å². The van der Waals surface area contributed by atoms with Crippen molar-refractivity contribution < 1.29 is 4.74 Å².